The summed E-state index contributed by atoms with van der Waals surface area (Å²) >= 11 is 1.50. The average Bonchev–Trinajstić information content (AvgIpc) is 3.48. The summed E-state index contributed by atoms with van der Waals surface area (Å²) in [6.07, 6.45) is -0.331. The smallest absolute Gasteiger partial charge is 0.333 e. The highest BCUT2D eigenvalue weighted by Gasteiger charge is 2.19. The molecule has 0 bridgehead atoms. The minimum absolute atomic E-state index is 0.0322. The Morgan fingerprint density at radius 3 is 2.84 bits per heavy atom. The molecule has 0 unspecified atom stereocenters. The van der Waals surface area contributed by atoms with Gasteiger partial charge in [-0.2, -0.15) is 0 Å². The maximum Gasteiger partial charge on any atom is 0.333 e. The van der Waals surface area contributed by atoms with Crippen LogP contribution in [0.3, 0.4) is 0 Å². The van der Waals surface area contributed by atoms with E-state index in [9.17, 15) is 9.90 Å². The van der Waals surface area contributed by atoms with Crippen molar-refractivity contribution in [3.63, 3.8) is 0 Å². The van der Waals surface area contributed by atoms with Crippen molar-refractivity contribution in [1.29, 1.82) is 0 Å². The van der Waals surface area contributed by atoms with Crippen molar-refractivity contribution in [1.82, 2.24) is 4.98 Å². The number of oxazole rings is 1. The van der Waals surface area contributed by atoms with Crippen LogP contribution < -0.4 is 4.74 Å². The fourth-order valence-corrected chi connectivity index (χ4v) is 4.17. The zero-order valence-corrected chi connectivity index (χ0v) is 17.8. The number of methoxy groups -OCH3 is 1. The second-order valence-electron chi connectivity index (χ2n) is 6.77. The molecule has 0 spiro atoms. The van der Waals surface area contributed by atoms with Crippen LogP contribution in [0.5, 0.6) is 5.75 Å². The lowest BCUT2D eigenvalue weighted by atomic mass is 10.1. The van der Waals surface area contributed by atoms with Crippen molar-refractivity contribution >= 4 is 27.4 Å². The molecule has 0 amide bonds. The molecule has 7 heteroatoms. The number of aromatic nitrogens is 1. The average molecular weight is 443 g/mol. The van der Waals surface area contributed by atoms with Crippen LogP contribution in [0.15, 0.2) is 58.2 Å². The molecule has 4 rings (SSSR count). The second kappa shape index (κ2) is 9.32. The van der Waals surface area contributed by atoms with E-state index in [1.54, 1.807) is 13.0 Å². The minimum Gasteiger partial charge on any atom is -0.493 e. The SMILES string of the molecule is [2H]c1c([2H])c([2H])c(-c2nc(CCOc3ccc(C[C@H](OC)C(=O)O)c4sccc34)c(C)o2)c([2H])c1[2H]. The summed E-state index contributed by atoms with van der Waals surface area (Å²) in [6.45, 7) is 1.95. The number of carbonyl (C=O) groups is 1. The number of carboxylic acid groups (broad SMARTS) is 1. The van der Waals surface area contributed by atoms with Crippen LogP contribution in [-0.2, 0) is 22.4 Å². The topological polar surface area (TPSA) is 81.8 Å². The number of nitrogens with zero attached hydrogens (tertiary/aromatic N) is 1. The Kier molecular flexibility index (Phi) is 4.70. The van der Waals surface area contributed by atoms with Gasteiger partial charge in [0.2, 0.25) is 5.89 Å². The van der Waals surface area contributed by atoms with Crippen molar-refractivity contribution < 1.29 is 30.6 Å². The molecule has 1 atom stereocenters. The van der Waals surface area contributed by atoms with Crippen molar-refractivity contribution in [2.45, 2.75) is 25.9 Å². The molecular weight excluding hydrogens is 414 g/mol. The van der Waals surface area contributed by atoms with Gasteiger partial charge in [-0.25, -0.2) is 9.78 Å². The van der Waals surface area contributed by atoms with E-state index in [1.807, 2.05) is 17.5 Å². The number of aliphatic carboxylic acids is 1. The Bertz CT molecular complexity index is 1420. The van der Waals surface area contributed by atoms with Crippen molar-refractivity contribution in [3.8, 4) is 17.2 Å². The fourth-order valence-electron chi connectivity index (χ4n) is 3.23. The van der Waals surface area contributed by atoms with E-state index in [4.69, 9.17) is 20.7 Å². The molecule has 160 valence electrons. The van der Waals surface area contributed by atoms with E-state index in [1.165, 1.54) is 18.4 Å². The number of hydrogen-bond donors (Lipinski definition) is 1. The van der Waals surface area contributed by atoms with Gasteiger partial charge in [0.05, 0.1) is 19.2 Å². The summed E-state index contributed by atoms with van der Waals surface area (Å²) in [5, 5.41) is 12.1. The fraction of sp³-hybridized carbons (Fsp3) is 0.250. The van der Waals surface area contributed by atoms with Gasteiger partial charge in [-0.1, -0.05) is 24.2 Å². The molecule has 2 aromatic carbocycles. The van der Waals surface area contributed by atoms with Crippen LogP contribution in [0.2, 0.25) is 0 Å². The number of hydrogen-bond acceptors (Lipinski definition) is 6. The van der Waals surface area contributed by atoms with E-state index in [0.29, 0.717) is 23.6 Å². The number of rotatable bonds is 9. The zero-order chi connectivity index (χ0) is 26.1. The van der Waals surface area contributed by atoms with Crippen LogP contribution in [0.1, 0.15) is 23.9 Å². The summed E-state index contributed by atoms with van der Waals surface area (Å²) in [4.78, 5) is 15.7. The molecule has 0 aliphatic heterocycles. The van der Waals surface area contributed by atoms with E-state index in [0.717, 1.165) is 15.6 Å². The Hall–Kier alpha value is -3.16. The number of carboxylic acids is 1. The highest BCUT2D eigenvalue weighted by Crippen LogP contribution is 2.34. The number of thiophene rings is 1. The summed E-state index contributed by atoms with van der Waals surface area (Å²) in [5.74, 6) is 0.0608. The molecular formula is C24H23NO5S. The maximum absolute atomic E-state index is 11.3. The third kappa shape index (κ3) is 4.62. The lowest BCUT2D eigenvalue weighted by Crippen LogP contribution is -2.24. The third-order valence-corrected chi connectivity index (χ3v) is 5.82. The zero-order valence-electron chi connectivity index (χ0n) is 21.9. The molecule has 2 aromatic heterocycles. The summed E-state index contributed by atoms with van der Waals surface area (Å²) in [5.41, 5.74) is 1.33. The highest BCUT2D eigenvalue weighted by molar-refractivity contribution is 7.17. The number of aryl methyl sites for hydroxylation is 1. The quantitative estimate of drug-likeness (QED) is 0.387. The summed E-state index contributed by atoms with van der Waals surface area (Å²) in [6, 6.07) is 3.43. The third-order valence-electron chi connectivity index (χ3n) is 4.83. The molecule has 0 saturated heterocycles. The van der Waals surface area contributed by atoms with E-state index < -0.39 is 30.2 Å². The first-order valence-electron chi connectivity index (χ1n) is 12.0. The normalized spacial score (nSPS) is 14.5. The predicted molar refractivity (Wildman–Crippen MR) is 120 cm³/mol. The van der Waals surface area contributed by atoms with Gasteiger partial charge >= 0.3 is 5.97 Å². The Balaban J connectivity index is 1.52. The van der Waals surface area contributed by atoms with Gasteiger partial charge < -0.3 is 19.0 Å². The van der Waals surface area contributed by atoms with Crippen LogP contribution >= 0.6 is 11.3 Å². The van der Waals surface area contributed by atoms with Crippen LogP contribution in [0, 0.1) is 6.92 Å². The lowest BCUT2D eigenvalue weighted by Gasteiger charge is -2.13. The van der Waals surface area contributed by atoms with Crippen molar-refractivity contribution in [2.75, 3.05) is 13.7 Å². The van der Waals surface area contributed by atoms with Gasteiger partial charge in [0.25, 0.3) is 0 Å². The number of fused-ring (bicyclic) bond motifs is 1. The summed E-state index contributed by atoms with van der Waals surface area (Å²) < 4.78 is 57.4. The monoisotopic (exact) mass is 442 g/mol. The van der Waals surface area contributed by atoms with Gasteiger partial charge in [0.15, 0.2) is 6.10 Å². The van der Waals surface area contributed by atoms with Gasteiger partial charge in [-0.3, -0.25) is 0 Å². The molecule has 0 saturated carbocycles. The first-order chi connectivity index (χ1) is 17.1. The first kappa shape index (κ1) is 15.6. The highest BCUT2D eigenvalue weighted by atomic mass is 32.1. The van der Waals surface area contributed by atoms with Gasteiger partial charge in [0.1, 0.15) is 11.5 Å². The minimum atomic E-state index is -1.02. The molecule has 2 heterocycles. The van der Waals surface area contributed by atoms with Crippen LogP contribution in [-0.4, -0.2) is 35.9 Å². The number of ether oxygens (including phenoxy) is 2. The van der Waals surface area contributed by atoms with Crippen molar-refractivity contribution in [3.05, 3.63) is 70.8 Å². The Morgan fingerprint density at radius 1 is 1.29 bits per heavy atom. The molecule has 1 N–H and O–H groups in total. The Morgan fingerprint density at radius 2 is 2.10 bits per heavy atom. The lowest BCUT2D eigenvalue weighted by molar-refractivity contribution is -0.148. The van der Waals surface area contributed by atoms with E-state index >= 15 is 0 Å². The molecule has 0 aliphatic rings. The van der Waals surface area contributed by atoms with Gasteiger partial charge in [0, 0.05) is 35.6 Å². The van der Waals surface area contributed by atoms with Gasteiger partial charge in [-0.15, -0.1) is 11.3 Å². The summed E-state index contributed by atoms with van der Waals surface area (Å²) in [7, 11) is 1.37. The van der Waals surface area contributed by atoms with Crippen LogP contribution in [0.4, 0.5) is 0 Å². The molecule has 6 nitrogen and oxygen atoms in total. The molecule has 0 radical (unpaired) electrons. The number of benzene rings is 2. The van der Waals surface area contributed by atoms with Gasteiger partial charge in [-0.05, 0) is 42.1 Å². The Labute approximate surface area is 191 Å². The second-order valence-corrected chi connectivity index (χ2v) is 7.69. The predicted octanol–water partition coefficient (Wildman–Crippen LogP) is 5.13. The van der Waals surface area contributed by atoms with E-state index in [-0.39, 0.29) is 36.6 Å². The molecule has 0 aliphatic carbocycles. The molecule has 31 heavy (non-hydrogen) atoms. The standard InChI is InChI=1S/C24H23NO5S/c1-15-19(25-23(30-15)16-6-4-3-5-7-16)10-12-29-20-9-8-17(14-21(28-2)24(26)27)22-18(20)11-13-31-22/h3-9,11,13,21H,10,12,14H2,1-2H3,(H,26,27)/t21-/m0/s1/i3D,4D,5D,6D,7D. The van der Waals surface area contributed by atoms with E-state index in [2.05, 4.69) is 4.98 Å². The molecule has 0 fully saturated rings. The maximum atomic E-state index is 11.3. The first-order valence-corrected chi connectivity index (χ1v) is 10.4. The largest absolute Gasteiger partial charge is 0.493 e. The molecule has 4 aromatic rings. The van der Waals surface area contributed by atoms with Crippen molar-refractivity contribution in [2.24, 2.45) is 0 Å². The van der Waals surface area contributed by atoms with Crippen LogP contribution in [0.25, 0.3) is 21.5 Å².